The summed E-state index contributed by atoms with van der Waals surface area (Å²) >= 11 is 0. The van der Waals surface area contributed by atoms with Crippen molar-refractivity contribution >= 4 is 26.6 Å². The van der Waals surface area contributed by atoms with Crippen molar-refractivity contribution in [2.45, 2.75) is 23.5 Å². The lowest BCUT2D eigenvalue weighted by atomic mass is 10.2. The van der Waals surface area contributed by atoms with Gasteiger partial charge in [0.2, 0.25) is 0 Å². The number of nitrogens with one attached hydrogen (secondary N) is 1. The van der Waals surface area contributed by atoms with E-state index < -0.39 is 28.0 Å². The van der Waals surface area contributed by atoms with Gasteiger partial charge in [-0.15, -0.1) is 0 Å². The van der Waals surface area contributed by atoms with E-state index in [-0.39, 0.29) is 17.1 Å². The zero-order valence-electron chi connectivity index (χ0n) is 11.4. The zero-order valence-corrected chi connectivity index (χ0v) is 12.2. The number of aromatic nitrogens is 2. The second-order valence-electron chi connectivity index (χ2n) is 5.31. The number of alkyl halides is 3. The van der Waals surface area contributed by atoms with Gasteiger partial charge in [0.05, 0.1) is 16.3 Å². The minimum atomic E-state index is -4.24. The van der Waals surface area contributed by atoms with Gasteiger partial charge in [-0.1, -0.05) is 0 Å². The largest absolute Gasteiger partial charge is 0.393 e. The van der Waals surface area contributed by atoms with Crippen molar-refractivity contribution in [1.29, 1.82) is 0 Å². The van der Waals surface area contributed by atoms with Crippen LogP contribution in [0.25, 0.3) is 10.9 Å². The van der Waals surface area contributed by atoms with Crippen molar-refractivity contribution in [3.8, 4) is 0 Å². The standard InChI is InChI=1S/C13H12F3N3O2S/c1-22(20,21)7-2-3-10-8(4-7)12(18-6-17-10)19-11-5-9(11)13(14,15)16/h2-4,6,9,11H,5H2,1H3,(H,17,18,19)/t9-,11-/m1/s1. The third-order valence-corrected chi connectivity index (χ3v) is 4.68. The van der Waals surface area contributed by atoms with E-state index in [9.17, 15) is 21.6 Å². The highest BCUT2D eigenvalue weighted by molar-refractivity contribution is 7.90. The summed E-state index contributed by atoms with van der Waals surface area (Å²) in [5.41, 5.74) is 0.467. The predicted octanol–water partition coefficient (Wildman–Crippen LogP) is 2.40. The first kappa shape index (κ1) is 15.0. The molecular formula is C13H12F3N3O2S. The quantitative estimate of drug-likeness (QED) is 0.935. The van der Waals surface area contributed by atoms with Crippen LogP contribution in [0.5, 0.6) is 0 Å². The highest BCUT2D eigenvalue weighted by Gasteiger charge is 2.56. The summed E-state index contributed by atoms with van der Waals surface area (Å²) in [7, 11) is -3.42. The molecule has 2 atom stereocenters. The zero-order chi connectivity index (χ0) is 16.1. The van der Waals surface area contributed by atoms with Crippen LogP contribution in [0.4, 0.5) is 19.0 Å². The van der Waals surface area contributed by atoms with E-state index in [4.69, 9.17) is 0 Å². The predicted molar refractivity (Wildman–Crippen MR) is 74.2 cm³/mol. The van der Waals surface area contributed by atoms with E-state index in [2.05, 4.69) is 15.3 Å². The minimum absolute atomic E-state index is 0.0131. The Morgan fingerprint density at radius 1 is 1.27 bits per heavy atom. The molecule has 0 spiro atoms. The molecule has 0 saturated heterocycles. The molecule has 1 saturated carbocycles. The van der Waals surface area contributed by atoms with E-state index >= 15 is 0 Å². The summed E-state index contributed by atoms with van der Waals surface area (Å²) < 4.78 is 60.9. The smallest absolute Gasteiger partial charge is 0.366 e. The number of hydrogen-bond donors (Lipinski definition) is 1. The number of anilines is 1. The number of rotatable bonds is 3. The molecule has 0 radical (unpaired) electrons. The lowest BCUT2D eigenvalue weighted by molar-refractivity contribution is -0.147. The average Bonchev–Trinajstić information content (AvgIpc) is 3.17. The van der Waals surface area contributed by atoms with Crippen molar-refractivity contribution in [2.75, 3.05) is 11.6 Å². The van der Waals surface area contributed by atoms with Gasteiger partial charge in [-0.2, -0.15) is 13.2 Å². The molecule has 1 aromatic carbocycles. The monoisotopic (exact) mass is 331 g/mol. The molecule has 1 aliphatic rings. The molecule has 0 amide bonds. The molecule has 118 valence electrons. The molecule has 1 aromatic heterocycles. The molecule has 0 bridgehead atoms. The Balaban J connectivity index is 1.96. The van der Waals surface area contributed by atoms with E-state index in [1.54, 1.807) is 0 Å². The van der Waals surface area contributed by atoms with Crippen LogP contribution < -0.4 is 5.32 Å². The van der Waals surface area contributed by atoms with E-state index in [0.717, 1.165) is 6.26 Å². The summed E-state index contributed by atoms with van der Waals surface area (Å²) in [6.07, 6.45) is -1.96. The maximum absolute atomic E-state index is 12.6. The van der Waals surface area contributed by atoms with Crippen molar-refractivity contribution in [3.63, 3.8) is 0 Å². The topological polar surface area (TPSA) is 72.0 Å². The number of halogens is 3. The lowest BCUT2D eigenvalue weighted by Crippen LogP contribution is -2.18. The van der Waals surface area contributed by atoms with Gasteiger partial charge in [-0.25, -0.2) is 18.4 Å². The second-order valence-corrected chi connectivity index (χ2v) is 7.32. The molecule has 9 heteroatoms. The number of sulfone groups is 1. The molecule has 1 N–H and O–H groups in total. The first-order chi connectivity index (χ1) is 10.2. The van der Waals surface area contributed by atoms with Crippen LogP contribution in [0.1, 0.15) is 6.42 Å². The fourth-order valence-corrected chi connectivity index (χ4v) is 2.92. The second kappa shape index (κ2) is 4.80. The molecular weight excluding hydrogens is 319 g/mol. The van der Waals surface area contributed by atoms with Gasteiger partial charge >= 0.3 is 6.18 Å². The Kier molecular flexibility index (Phi) is 3.28. The van der Waals surface area contributed by atoms with E-state index in [0.29, 0.717) is 10.9 Å². The molecule has 3 rings (SSSR count). The van der Waals surface area contributed by atoms with Gasteiger partial charge in [-0.3, -0.25) is 0 Å². The molecule has 1 heterocycles. The van der Waals surface area contributed by atoms with E-state index in [1.807, 2.05) is 0 Å². The van der Waals surface area contributed by atoms with Gasteiger partial charge in [0.25, 0.3) is 0 Å². The molecule has 5 nitrogen and oxygen atoms in total. The normalized spacial score (nSPS) is 21.8. The number of benzene rings is 1. The minimum Gasteiger partial charge on any atom is -0.366 e. The first-order valence-electron chi connectivity index (χ1n) is 6.44. The van der Waals surface area contributed by atoms with Crippen molar-refractivity contribution in [3.05, 3.63) is 24.5 Å². The Labute approximate surface area is 124 Å². The molecule has 0 unspecified atom stereocenters. The van der Waals surface area contributed by atoms with Crippen LogP contribution >= 0.6 is 0 Å². The van der Waals surface area contributed by atoms with Crippen molar-refractivity contribution in [1.82, 2.24) is 9.97 Å². The van der Waals surface area contributed by atoms with Gasteiger partial charge in [-0.05, 0) is 24.6 Å². The van der Waals surface area contributed by atoms with E-state index in [1.165, 1.54) is 24.5 Å². The van der Waals surface area contributed by atoms with Crippen LogP contribution in [0.2, 0.25) is 0 Å². The fourth-order valence-electron chi connectivity index (χ4n) is 2.27. The maximum Gasteiger partial charge on any atom is 0.393 e. The van der Waals surface area contributed by atoms with Crippen molar-refractivity contribution in [2.24, 2.45) is 5.92 Å². The van der Waals surface area contributed by atoms with Crippen LogP contribution in [0, 0.1) is 5.92 Å². The van der Waals surface area contributed by atoms with Crippen molar-refractivity contribution < 1.29 is 21.6 Å². The summed E-state index contributed by atoms with van der Waals surface area (Å²) in [5, 5.41) is 3.12. The number of hydrogen-bond acceptors (Lipinski definition) is 5. The van der Waals surface area contributed by atoms with Crippen LogP contribution in [0.15, 0.2) is 29.4 Å². The molecule has 1 aliphatic carbocycles. The van der Waals surface area contributed by atoms with Crippen LogP contribution in [-0.2, 0) is 9.84 Å². The Bertz CT molecular complexity index is 836. The Morgan fingerprint density at radius 3 is 2.59 bits per heavy atom. The average molecular weight is 331 g/mol. The number of nitrogens with zero attached hydrogens (tertiary/aromatic N) is 2. The summed E-state index contributed by atoms with van der Waals surface area (Å²) in [4.78, 5) is 8.01. The molecule has 0 aliphatic heterocycles. The third-order valence-electron chi connectivity index (χ3n) is 3.57. The summed E-state index contributed by atoms with van der Waals surface area (Å²) in [6.45, 7) is 0. The Morgan fingerprint density at radius 2 is 2.00 bits per heavy atom. The summed E-state index contributed by atoms with van der Waals surface area (Å²) in [6, 6.07) is 3.55. The van der Waals surface area contributed by atoms with Gasteiger partial charge in [0.1, 0.15) is 12.1 Å². The molecule has 2 aromatic rings. The number of fused-ring (bicyclic) bond motifs is 1. The highest BCUT2D eigenvalue weighted by atomic mass is 32.2. The Hall–Kier alpha value is -1.90. The lowest BCUT2D eigenvalue weighted by Gasteiger charge is -2.10. The SMILES string of the molecule is CS(=O)(=O)c1ccc2ncnc(N[C@@H]3C[C@H]3C(F)(F)F)c2c1. The van der Waals surface area contributed by atoms with Crippen LogP contribution in [-0.4, -0.2) is 36.9 Å². The summed E-state index contributed by atoms with van der Waals surface area (Å²) in [5.74, 6) is -1.18. The maximum atomic E-state index is 12.6. The van der Waals surface area contributed by atoms with Gasteiger partial charge in [0.15, 0.2) is 9.84 Å². The third kappa shape index (κ3) is 2.85. The highest BCUT2D eigenvalue weighted by Crippen LogP contribution is 2.46. The van der Waals surface area contributed by atoms with Gasteiger partial charge < -0.3 is 5.32 Å². The van der Waals surface area contributed by atoms with Crippen LogP contribution in [0.3, 0.4) is 0 Å². The molecule has 22 heavy (non-hydrogen) atoms. The fraction of sp³-hybridized carbons (Fsp3) is 0.385. The van der Waals surface area contributed by atoms with Gasteiger partial charge in [0, 0.05) is 17.7 Å². The molecule has 1 fully saturated rings. The first-order valence-corrected chi connectivity index (χ1v) is 8.33.